The van der Waals surface area contributed by atoms with E-state index in [0.717, 1.165) is 38.4 Å². The van der Waals surface area contributed by atoms with E-state index in [9.17, 15) is 0 Å². The van der Waals surface area contributed by atoms with Crippen molar-refractivity contribution in [1.29, 1.82) is 0 Å². The second-order valence-corrected chi connectivity index (χ2v) is 5.89. The summed E-state index contributed by atoms with van der Waals surface area (Å²) in [5.74, 6) is 0.969. The third-order valence-corrected chi connectivity index (χ3v) is 4.05. The molecule has 0 radical (unpaired) electrons. The smallest absolute Gasteiger partial charge is 0.125 e. The Bertz CT molecular complexity index is 479. The Morgan fingerprint density at radius 2 is 2.10 bits per heavy atom. The summed E-state index contributed by atoms with van der Waals surface area (Å²) in [6, 6.07) is 8.55. The minimum Gasteiger partial charge on any atom is -0.370 e. The number of nitrogens with zero attached hydrogens (tertiary/aromatic N) is 2. The molecule has 0 saturated carbocycles. The topological polar surface area (TPSA) is 28.2 Å². The highest BCUT2D eigenvalue weighted by Crippen LogP contribution is 2.14. The fraction of sp³-hybridized carbons (Fsp3) is 0.438. The van der Waals surface area contributed by atoms with E-state index in [1.165, 1.54) is 10.4 Å². The van der Waals surface area contributed by atoms with E-state index in [4.69, 9.17) is 0 Å². The average Bonchev–Trinajstić information content (AvgIpc) is 2.99. The molecule has 2 aromatic rings. The predicted octanol–water partition coefficient (Wildman–Crippen LogP) is 3.99. The molecule has 0 aliphatic heterocycles. The Morgan fingerprint density at radius 1 is 1.20 bits per heavy atom. The summed E-state index contributed by atoms with van der Waals surface area (Å²) in [5, 5.41) is 5.44. The van der Waals surface area contributed by atoms with Crippen LogP contribution < -0.4 is 5.32 Å². The van der Waals surface area contributed by atoms with Crippen LogP contribution in [0, 0.1) is 0 Å². The standard InChI is InChI=1S/C16H23N3S/c1-3-9-17-16-8-7-14(11-18-16)12-19(4-2)13-15-6-5-10-20-15/h5-8,10-11H,3-4,9,12-13H2,1-2H3,(H,17,18). The summed E-state index contributed by atoms with van der Waals surface area (Å²) in [5.41, 5.74) is 1.27. The first-order chi connectivity index (χ1) is 9.81. The van der Waals surface area contributed by atoms with Crippen LogP contribution in [-0.2, 0) is 13.1 Å². The lowest BCUT2D eigenvalue weighted by atomic mass is 10.2. The summed E-state index contributed by atoms with van der Waals surface area (Å²) in [7, 11) is 0. The molecule has 2 rings (SSSR count). The molecule has 4 heteroatoms. The molecule has 2 heterocycles. The summed E-state index contributed by atoms with van der Waals surface area (Å²) in [4.78, 5) is 8.32. The fourth-order valence-corrected chi connectivity index (χ4v) is 2.78. The molecule has 0 spiro atoms. The van der Waals surface area contributed by atoms with Gasteiger partial charge in [-0.2, -0.15) is 0 Å². The first-order valence-electron chi connectivity index (χ1n) is 7.25. The Hall–Kier alpha value is -1.39. The average molecular weight is 289 g/mol. The number of hydrogen-bond donors (Lipinski definition) is 1. The molecule has 0 unspecified atom stereocenters. The zero-order valence-electron chi connectivity index (χ0n) is 12.3. The zero-order chi connectivity index (χ0) is 14.2. The molecular weight excluding hydrogens is 266 g/mol. The highest BCUT2D eigenvalue weighted by Gasteiger charge is 2.06. The second kappa shape index (κ2) is 8.02. The van der Waals surface area contributed by atoms with Crippen molar-refractivity contribution in [3.05, 3.63) is 46.3 Å². The highest BCUT2D eigenvalue weighted by molar-refractivity contribution is 7.09. The van der Waals surface area contributed by atoms with Gasteiger partial charge in [-0.3, -0.25) is 4.90 Å². The van der Waals surface area contributed by atoms with Crippen LogP contribution in [0.1, 0.15) is 30.7 Å². The number of aromatic nitrogens is 1. The van der Waals surface area contributed by atoms with E-state index in [-0.39, 0.29) is 0 Å². The maximum atomic E-state index is 4.47. The summed E-state index contributed by atoms with van der Waals surface area (Å²) in [6.45, 7) is 8.36. The molecule has 108 valence electrons. The third kappa shape index (κ3) is 4.62. The lowest BCUT2D eigenvalue weighted by Crippen LogP contribution is -2.21. The van der Waals surface area contributed by atoms with Gasteiger partial charge in [0.2, 0.25) is 0 Å². The fourth-order valence-electron chi connectivity index (χ4n) is 2.04. The Balaban J connectivity index is 1.90. The van der Waals surface area contributed by atoms with Crippen molar-refractivity contribution in [1.82, 2.24) is 9.88 Å². The van der Waals surface area contributed by atoms with Crippen LogP contribution in [0.5, 0.6) is 0 Å². The van der Waals surface area contributed by atoms with Gasteiger partial charge < -0.3 is 5.32 Å². The van der Waals surface area contributed by atoms with E-state index in [1.54, 1.807) is 0 Å². The third-order valence-electron chi connectivity index (χ3n) is 3.19. The van der Waals surface area contributed by atoms with Crippen LogP contribution in [-0.4, -0.2) is 23.0 Å². The van der Waals surface area contributed by atoms with Crippen molar-refractivity contribution >= 4 is 17.2 Å². The van der Waals surface area contributed by atoms with Gasteiger partial charge in [0.05, 0.1) is 0 Å². The maximum Gasteiger partial charge on any atom is 0.125 e. The zero-order valence-corrected chi connectivity index (χ0v) is 13.1. The molecule has 0 amide bonds. The largest absolute Gasteiger partial charge is 0.370 e. The van der Waals surface area contributed by atoms with E-state index in [1.807, 2.05) is 17.5 Å². The minimum atomic E-state index is 0.954. The van der Waals surface area contributed by atoms with Gasteiger partial charge in [-0.1, -0.05) is 26.0 Å². The van der Waals surface area contributed by atoms with Gasteiger partial charge in [0, 0.05) is 30.7 Å². The number of nitrogens with one attached hydrogen (secondary N) is 1. The van der Waals surface area contributed by atoms with Crippen LogP contribution in [0.25, 0.3) is 0 Å². The Morgan fingerprint density at radius 3 is 2.70 bits per heavy atom. The van der Waals surface area contributed by atoms with Crippen molar-refractivity contribution in [2.24, 2.45) is 0 Å². The van der Waals surface area contributed by atoms with Crippen LogP contribution in [0.3, 0.4) is 0 Å². The van der Waals surface area contributed by atoms with Gasteiger partial charge in [0.1, 0.15) is 5.82 Å². The number of rotatable bonds is 8. The molecule has 0 atom stereocenters. The normalized spacial score (nSPS) is 10.9. The van der Waals surface area contributed by atoms with Gasteiger partial charge in [0.15, 0.2) is 0 Å². The number of pyridine rings is 1. The van der Waals surface area contributed by atoms with Crippen molar-refractivity contribution in [3.8, 4) is 0 Å². The molecule has 20 heavy (non-hydrogen) atoms. The molecule has 0 aliphatic rings. The van der Waals surface area contributed by atoms with E-state index < -0.39 is 0 Å². The quantitative estimate of drug-likeness (QED) is 0.796. The second-order valence-electron chi connectivity index (χ2n) is 4.86. The van der Waals surface area contributed by atoms with Gasteiger partial charge >= 0.3 is 0 Å². The van der Waals surface area contributed by atoms with E-state index >= 15 is 0 Å². The molecule has 3 nitrogen and oxygen atoms in total. The van der Waals surface area contributed by atoms with Crippen LogP contribution in [0.15, 0.2) is 35.8 Å². The molecule has 0 saturated heterocycles. The monoisotopic (exact) mass is 289 g/mol. The number of hydrogen-bond acceptors (Lipinski definition) is 4. The molecule has 0 aliphatic carbocycles. The van der Waals surface area contributed by atoms with Gasteiger partial charge in [-0.05, 0) is 36.0 Å². The molecular formula is C16H23N3S. The Kier molecular flexibility index (Phi) is 6.02. The minimum absolute atomic E-state index is 0.954. The van der Waals surface area contributed by atoms with Crippen molar-refractivity contribution in [2.45, 2.75) is 33.4 Å². The van der Waals surface area contributed by atoms with Crippen LogP contribution in [0.2, 0.25) is 0 Å². The summed E-state index contributed by atoms with van der Waals surface area (Å²) in [6.07, 6.45) is 3.10. The number of anilines is 1. The van der Waals surface area contributed by atoms with Crippen molar-refractivity contribution < 1.29 is 0 Å². The first kappa shape index (κ1) is 15.0. The van der Waals surface area contributed by atoms with E-state index in [2.05, 4.69) is 58.7 Å². The predicted molar refractivity (Wildman–Crippen MR) is 87.1 cm³/mol. The Labute approximate surface area is 125 Å². The van der Waals surface area contributed by atoms with Gasteiger partial charge in [0.25, 0.3) is 0 Å². The summed E-state index contributed by atoms with van der Waals surface area (Å²) < 4.78 is 0. The van der Waals surface area contributed by atoms with Crippen LogP contribution >= 0.6 is 11.3 Å². The number of thiophene rings is 1. The SMILES string of the molecule is CCCNc1ccc(CN(CC)Cc2cccs2)cn1. The van der Waals surface area contributed by atoms with Gasteiger partial charge in [-0.25, -0.2) is 4.98 Å². The molecule has 2 aromatic heterocycles. The van der Waals surface area contributed by atoms with Gasteiger partial charge in [-0.15, -0.1) is 11.3 Å². The van der Waals surface area contributed by atoms with Crippen molar-refractivity contribution in [3.63, 3.8) is 0 Å². The highest BCUT2D eigenvalue weighted by atomic mass is 32.1. The maximum absolute atomic E-state index is 4.47. The molecule has 0 fully saturated rings. The van der Waals surface area contributed by atoms with Crippen molar-refractivity contribution in [2.75, 3.05) is 18.4 Å². The van der Waals surface area contributed by atoms with E-state index in [0.29, 0.717) is 0 Å². The molecule has 0 bridgehead atoms. The van der Waals surface area contributed by atoms with Crippen LogP contribution in [0.4, 0.5) is 5.82 Å². The summed E-state index contributed by atoms with van der Waals surface area (Å²) >= 11 is 1.82. The first-order valence-corrected chi connectivity index (χ1v) is 8.13. The lowest BCUT2D eigenvalue weighted by Gasteiger charge is -2.19. The lowest BCUT2D eigenvalue weighted by molar-refractivity contribution is 0.273. The molecule has 0 aromatic carbocycles. The molecule has 1 N–H and O–H groups in total.